The van der Waals surface area contributed by atoms with Crippen LogP contribution in [0.25, 0.3) is 11.2 Å². The molecule has 1 aliphatic heterocycles. The Morgan fingerprint density at radius 2 is 1.98 bits per heavy atom. The standard InChI is InChI=1S/C27H36FN6O7P/c1-15(2)39-27(36)16(3)32-42(37,41-19-9-7-6-8-10-19)38-13-20-23(35)21(28)26(40-20)34-14-29-22-24(33(5)18-11-12-18)30-17(4)31-25(22)34/h6-10,14-16,18,20-21,23,26,35H,11-13H2,1-5H3,(H,32,37)/t16-,20-,21-,23-,26-,42-/m1/s1. The Kier molecular flexibility index (Phi) is 8.81. The van der Waals surface area contributed by atoms with E-state index in [0.717, 1.165) is 12.8 Å². The predicted octanol–water partition coefficient (Wildman–Crippen LogP) is 3.46. The molecule has 2 N–H and O–H groups in total. The molecule has 1 aliphatic carbocycles. The summed E-state index contributed by atoms with van der Waals surface area (Å²) in [6, 6.07) is 7.52. The fourth-order valence-electron chi connectivity index (χ4n) is 4.65. The molecule has 3 heterocycles. The average molecular weight is 607 g/mol. The minimum atomic E-state index is -4.25. The molecule has 0 radical (unpaired) electrons. The summed E-state index contributed by atoms with van der Waals surface area (Å²) in [6.07, 6.45) is -2.90. The van der Waals surface area contributed by atoms with Crippen molar-refractivity contribution in [3.8, 4) is 5.75 Å². The van der Waals surface area contributed by atoms with Crippen LogP contribution in [0.2, 0.25) is 0 Å². The van der Waals surface area contributed by atoms with Gasteiger partial charge in [0, 0.05) is 13.1 Å². The molecule has 0 bridgehead atoms. The Balaban J connectivity index is 1.34. The lowest BCUT2D eigenvalue weighted by atomic mass is 10.1. The molecule has 2 aliphatic rings. The number of aryl methyl sites for hydroxylation is 1. The topological polar surface area (TPSA) is 150 Å². The maximum atomic E-state index is 15.5. The number of imidazole rings is 1. The number of aliphatic hydroxyl groups is 1. The van der Waals surface area contributed by atoms with Gasteiger partial charge in [0.2, 0.25) is 0 Å². The Hall–Kier alpha value is -3.16. The summed E-state index contributed by atoms with van der Waals surface area (Å²) in [7, 11) is -2.31. The first-order valence-electron chi connectivity index (χ1n) is 13.8. The van der Waals surface area contributed by atoms with Gasteiger partial charge in [-0.1, -0.05) is 18.2 Å². The number of benzene rings is 1. The molecule has 1 saturated heterocycles. The van der Waals surface area contributed by atoms with Crippen molar-refractivity contribution in [2.75, 3.05) is 18.6 Å². The van der Waals surface area contributed by atoms with Crippen LogP contribution in [0, 0.1) is 6.92 Å². The highest BCUT2D eigenvalue weighted by molar-refractivity contribution is 7.52. The summed E-state index contributed by atoms with van der Waals surface area (Å²) in [4.78, 5) is 27.9. The molecule has 42 heavy (non-hydrogen) atoms. The molecule has 15 heteroatoms. The molecule has 6 atom stereocenters. The zero-order chi connectivity index (χ0) is 30.2. The summed E-state index contributed by atoms with van der Waals surface area (Å²) in [5, 5.41) is 13.3. The van der Waals surface area contributed by atoms with Gasteiger partial charge in [-0.25, -0.2) is 23.9 Å². The molecule has 2 fully saturated rings. The largest absolute Gasteiger partial charge is 0.462 e. The van der Waals surface area contributed by atoms with Gasteiger partial charge in [0.25, 0.3) is 0 Å². The number of hydrogen-bond donors (Lipinski definition) is 2. The van der Waals surface area contributed by atoms with Crippen LogP contribution < -0.4 is 14.5 Å². The normalized spacial score (nSPS) is 24.5. The number of aromatic nitrogens is 4. The van der Waals surface area contributed by atoms with E-state index in [9.17, 15) is 14.5 Å². The summed E-state index contributed by atoms with van der Waals surface area (Å²) in [6.45, 7) is 6.05. The highest BCUT2D eigenvalue weighted by atomic mass is 31.2. The number of fused-ring (bicyclic) bond motifs is 1. The third kappa shape index (κ3) is 6.57. The van der Waals surface area contributed by atoms with Gasteiger partial charge in [-0.2, -0.15) is 5.09 Å². The van der Waals surface area contributed by atoms with Crippen molar-refractivity contribution in [2.24, 2.45) is 0 Å². The van der Waals surface area contributed by atoms with Gasteiger partial charge in [0.05, 0.1) is 19.0 Å². The number of nitrogens with zero attached hydrogens (tertiary/aromatic N) is 5. The lowest BCUT2D eigenvalue weighted by Crippen LogP contribution is -2.37. The molecule has 5 rings (SSSR count). The lowest BCUT2D eigenvalue weighted by molar-refractivity contribution is -0.149. The van der Waals surface area contributed by atoms with Crippen molar-refractivity contribution >= 4 is 30.7 Å². The number of anilines is 1. The maximum absolute atomic E-state index is 15.5. The highest BCUT2D eigenvalue weighted by Crippen LogP contribution is 2.46. The summed E-state index contributed by atoms with van der Waals surface area (Å²) in [5.41, 5.74) is 0.857. The number of rotatable bonds is 12. The van der Waals surface area contributed by atoms with Crippen molar-refractivity contribution in [1.82, 2.24) is 24.6 Å². The van der Waals surface area contributed by atoms with Crippen LogP contribution in [0.3, 0.4) is 0 Å². The van der Waals surface area contributed by atoms with E-state index in [2.05, 4.69) is 20.0 Å². The minimum Gasteiger partial charge on any atom is -0.462 e. The Morgan fingerprint density at radius 1 is 1.26 bits per heavy atom. The van der Waals surface area contributed by atoms with Crippen molar-refractivity contribution in [3.05, 3.63) is 42.5 Å². The Labute approximate surface area is 242 Å². The highest BCUT2D eigenvalue weighted by Gasteiger charge is 2.47. The first-order chi connectivity index (χ1) is 20.0. The molecule has 0 amide bonds. The van der Waals surface area contributed by atoms with E-state index in [0.29, 0.717) is 28.8 Å². The first kappa shape index (κ1) is 30.3. The van der Waals surface area contributed by atoms with Crippen LogP contribution in [0.1, 0.15) is 45.7 Å². The molecule has 3 aromatic rings. The van der Waals surface area contributed by atoms with Gasteiger partial charge < -0.3 is 24.0 Å². The van der Waals surface area contributed by atoms with Crippen LogP contribution in [0.4, 0.5) is 10.2 Å². The van der Waals surface area contributed by atoms with Gasteiger partial charge in [0.15, 0.2) is 29.4 Å². The van der Waals surface area contributed by atoms with E-state index in [1.807, 2.05) is 11.9 Å². The van der Waals surface area contributed by atoms with Crippen molar-refractivity contribution in [1.29, 1.82) is 0 Å². The number of aliphatic hydroxyl groups excluding tert-OH is 1. The number of alkyl halides is 1. The summed E-state index contributed by atoms with van der Waals surface area (Å²) >= 11 is 0. The number of carbonyl (C=O) groups is 1. The number of nitrogens with one attached hydrogen (secondary N) is 1. The monoisotopic (exact) mass is 606 g/mol. The van der Waals surface area contributed by atoms with E-state index < -0.39 is 57.1 Å². The molecule has 1 aromatic carbocycles. The molecule has 0 unspecified atom stereocenters. The number of esters is 1. The molecule has 13 nitrogen and oxygen atoms in total. The second-order valence-electron chi connectivity index (χ2n) is 10.8. The number of halogens is 1. The molecule has 2 aromatic heterocycles. The zero-order valence-electron chi connectivity index (χ0n) is 24.1. The van der Waals surface area contributed by atoms with E-state index in [1.165, 1.54) is 17.8 Å². The van der Waals surface area contributed by atoms with Gasteiger partial charge in [-0.15, -0.1) is 0 Å². The van der Waals surface area contributed by atoms with Crippen LogP contribution in [-0.2, 0) is 23.4 Å². The van der Waals surface area contributed by atoms with Gasteiger partial charge in [0.1, 0.15) is 29.8 Å². The quantitative estimate of drug-likeness (QED) is 0.230. The second-order valence-corrected chi connectivity index (χ2v) is 12.5. The van der Waals surface area contributed by atoms with E-state index in [1.54, 1.807) is 51.1 Å². The van der Waals surface area contributed by atoms with Crippen molar-refractivity contribution < 1.29 is 37.4 Å². The fourth-order valence-corrected chi connectivity index (χ4v) is 6.15. The van der Waals surface area contributed by atoms with Crippen LogP contribution >= 0.6 is 7.75 Å². The van der Waals surface area contributed by atoms with Crippen LogP contribution in [0.5, 0.6) is 5.75 Å². The zero-order valence-corrected chi connectivity index (χ0v) is 25.0. The number of hydrogen-bond acceptors (Lipinski definition) is 11. The third-order valence-electron chi connectivity index (χ3n) is 6.95. The molecule has 228 valence electrons. The lowest BCUT2D eigenvalue weighted by Gasteiger charge is -2.25. The maximum Gasteiger partial charge on any atom is 0.459 e. The minimum absolute atomic E-state index is 0.207. The van der Waals surface area contributed by atoms with Gasteiger partial charge in [-0.05, 0) is 52.7 Å². The van der Waals surface area contributed by atoms with Gasteiger partial charge >= 0.3 is 13.7 Å². The molecular formula is C27H36FN6O7P. The predicted molar refractivity (Wildman–Crippen MR) is 151 cm³/mol. The number of para-hydroxylation sites is 1. The summed E-state index contributed by atoms with van der Waals surface area (Å²) in [5.74, 6) is 0.667. The van der Waals surface area contributed by atoms with E-state index in [-0.39, 0.29) is 5.75 Å². The SMILES string of the molecule is Cc1nc(N(C)C2CC2)c2ncn([C@@H]3O[C@H](CO[P@](=O)(N[C@H](C)C(=O)OC(C)C)Oc4ccccc4)[C@@H](O)[C@H]3F)c2n1. The number of ether oxygens (including phenoxy) is 2. The Morgan fingerprint density at radius 3 is 2.64 bits per heavy atom. The van der Waals surface area contributed by atoms with Gasteiger partial charge in [-0.3, -0.25) is 13.9 Å². The van der Waals surface area contributed by atoms with E-state index in [4.69, 9.17) is 18.5 Å². The van der Waals surface area contributed by atoms with Crippen molar-refractivity contribution in [3.63, 3.8) is 0 Å². The second kappa shape index (κ2) is 12.2. The molecule has 1 saturated carbocycles. The smallest absolute Gasteiger partial charge is 0.459 e. The van der Waals surface area contributed by atoms with Crippen molar-refractivity contribution in [2.45, 2.75) is 83.3 Å². The fraction of sp³-hybridized carbons (Fsp3) is 0.556. The third-order valence-corrected chi connectivity index (χ3v) is 8.59. The first-order valence-corrected chi connectivity index (χ1v) is 15.4. The summed E-state index contributed by atoms with van der Waals surface area (Å²) < 4.78 is 53.0. The molecular weight excluding hydrogens is 570 g/mol. The Bertz CT molecular complexity index is 1460. The average Bonchev–Trinajstić information content (AvgIpc) is 3.65. The van der Waals surface area contributed by atoms with Crippen LogP contribution in [0.15, 0.2) is 36.7 Å². The van der Waals surface area contributed by atoms with E-state index >= 15 is 4.39 Å². The molecule has 0 spiro atoms. The number of carbonyl (C=O) groups excluding carboxylic acids is 1. The van der Waals surface area contributed by atoms with Crippen LogP contribution in [-0.4, -0.2) is 80.8 Å².